The Hall–Kier alpha value is -4.30. The van der Waals surface area contributed by atoms with Gasteiger partial charge in [0.2, 0.25) is 0 Å². The molecule has 2 N–H and O–H groups in total. The van der Waals surface area contributed by atoms with Crippen LogP contribution in [0.15, 0.2) is 108 Å². The zero-order valence-electron chi connectivity index (χ0n) is 20.5. The van der Waals surface area contributed by atoms with Gasteiger partial charge in [0.25, 0.3) is 15.9 Å². The summed E-state index contributed by atoms with van der Waals surface area (Å²) in [6, 6.07) is 30.1. The fraction of sp³-hybridized carbons (Fsp3) is 0.138. The van der Waals surface area contributed by atoms with Crippen LogP contribution in [-0.4, -0.2) is 27.0 Å². The number of hydrogen-bond donors (Lipinski definition) is 2. The number of sulfonamides is 1. The summed E-state index contributed by atoms with van der Waals surface area (Å²) < 4.78 is 39.1. The van der Waals surface area contributed by atoms with E-state index in [2.05, 4.69) is 10.0 Å². The van der Waals surface area contributed by atoms with Gasteiger partial charge in [0, 0.05) is 11.4 Å². The number of nitrogens with one attached hydrogen (secondary N) is 2. The lowest BCUT2D eigenvalue weighted by atomic mass is 10.1. The van der Waals surface area contributed by atoms with E-state index in [1.54, 1.807) is 31.2 Å². The maximum Gasteiger partial charge on any atom is 0.265 e. The van der Waals surface area contributed by atoms with Crippen LogP contribution < -0.4 is 19.5 Å². The van der Waals surface area contributed by atoms with E-state index in [-0.39, 0.29) is 10.8 Å². The van der Waals surface area contributed by atoms with Gasteiger partial charge >= 0.3 is 0 Å². The smallest absolute Gasteiger partial charge is 0.265 e. The minimum absolute atomic E-state index is 0.0715. The Bertz CT molecular complexity index is 1420. The SMILES string of the molecule is CCOc1ccc(NS(=O)(=O)c2ccc(NC(=O)C(C)Oc3ccc(-c4ccccc4)cc3)cc2)cc1. The second-order valence-electron chi connectivity index (χ2n) is 8.23. The van der Waals surface area contributed by atoms with Crippen molar-refractivity contribution < 1.29 is 22.7 Å². The predicted octanol–water partition coefficient (Wildman–Crippen LogP) is 5.96. The van der Waals surface area contributed by atoms with Crippen LogP contribution in [0.25, 0.3) is 11.1 Å². The van der Waals surface area contributed by atoms with Gasteiger partial charge in [0.15, 0.2) is 6.10 Å². The third kappa shape index (κ3) is 6.89. The molecule has 0 aromatic heterocycles. The van der Waals surface area contributed by atoms with Crippen LogP contribution >= 0.6 is 0 Å². The van der Waals surface area contributed by atoms with Crippen LogP contribution in [-0.2, 0) is 14.8 Å². The maximum atomic E-state index is 12.7. The van der Waals surface area contributed by atoms with Crippen molar-refractivity contribution in [3.63, 3.8) is 0 Å². The van der Waals surface area contributed by atoms with Crippen LogP contribution in [0.2, 0.25) is 0 Å². The average Bonchev–Trinajstić information content (AvgIpc) is 2.91. The van der Waals surface area contributed by atoms with Gasteiger partial charge < -0.3 is 14.8 Å². The first-order valence-corrected chi connectivity index (χ1v) is 13.3. The van der Waals surface area contributed by atoms with Crippen LogP contribution in [0.1, 0.15) is 13.8 Å². The third-order valence-corrected chi connectivity index (χ3v) is 6.89. The highest BCUT2D eigenvalue weighted by atomic mass is 32.2. The van der Waals surface area contributed by atoms with E-state index in [4.69, 9.17) is 9.47 Å². The summed E-state index contributed by atoms with van der Waals surface area (Å²) in [5, 5.41) is 2.75. The van der Waals surface area contributed by atoms with Crippen molar-refractivity contribution >= 4 is 27.3 Å². The van der Waals surface area contributed by atoms with E-state index in [9.17, 15) is 13.2 Å². The van der Waals surface area contributed by atoms with E-state index in [0.717, 1.165) is 11.1 Å². The van der Waals surface area contributed by atoms with Crippen LogP contribution in [0.4, 0.5) is 11.4 Å². The monoisotopic (exact) mass is 516 g/mol. The molecule has 0 radical (unpaired) electrons. The van der Waals surface area contributed by atoms with E-state index in [1.807, 2.05) is 61.5 Å². The van der Waals surface area contributed by atoms with Gasteiger partial charge in [0.1, 0.15) is 11.5 Å². The molecule has 0 spiro atoms. The number of carbonyl (C=O) groups is 1. The summed E-state index contributed by atoms with van der Waals surface area (Å²) in [6.07, 6.45) is -0.757. The van der Waals surface area contributed by atoms with Crippen LogP contribution in [0.3, 0.4) is 0 Å². The molecular weight excluding hydrogens is 488 g/mol. The summed E-state index contributed by atoms with van der Waals surface area (Å²) in [6.45, 7) is 4.06. The second-order valence-corrected chi connectivity index (χ2v) is 9.91. The molecule has 1 amide bonds. The molecule has 190 valence electrons. The molecule has 7 nitrogen and oxygen atoms in total. The summed E-state index contributed by atoms with van der Waals surface area (Å²) in [7, 11) is -3.79. The minimum atomic E-state index is -3.79. The molecule has 8 heteroatoms. The Balaban J connectivity index is 1.33. The highest BCUT2D eigenvalue weighted by Gasteiger charge is 2.17. The number of anilines is 2. The molecule has 4 rings (SSSR count). The zero-order chi connectivity index (χ0) is 26.3. The molecular formula is C29H28N2O5S. The molecule has 1 atom stereocenters. The summed E-state index contributed by atoms with van der Waals surface area (Å²) >= 11 is 0. The van der Waals surface area contributed by atoms with Gasteiger partial charge in [-0.3, -0.25) is 9.52 Å². The number of ether oxygens (including phenoxy) is 2. The van der Waals surface area contributed by atoms with Crippen molar-refractivity contribution in [2.45, 2.75) is 24.8 Å². The third-order valence-electron chi connectivity index (χ3n) is 5.49. The molecule has 0 aliphatic heterocycles. The van der Waals surface area contributed by atoms with E-state index in [1.165, 1.54) is 24.3 Å². The van der Waals surface area contributed by atoms with Gasteiger partial charge in [-0.2, -0.15) is 0 Å². The summed E-state index contributed by atoms with van der Waals surface area (Å²) in [4.78, 5) is 12.7. The van der Waals surface area contributed by atoms with Crippen molar-refractivity contribution in [3.05, 3.63) is 103 Å². The van der Waals surface area contributed by atoms with Gasteiger partial charge in [0.05, 0.1) is 11.5 Å². The number of benzene rings is 4. The first-order valence-electron chi connectivity index (χ1n) is 11.8. The van der Waals surface area contributed by atoms with Crippen molar-refractivity contribution in [1.29, 1.82) is 0 Å². The largest absolute Gasteiger partial charge is 0.494 e. The number of hydrogen-bond acceptors (Lipinski definition) is 5. The van der Waals surface area contributed by atoms with Gasteiger partial charge in [-0.15, -0.1) is 0 Å². The Morgan fingerprint density at radius 2 is 1.32 bits per heavy atom. The highest BCUT2D eigenvalue weighted by Crippen LogP contribution is 2.24. The van der Waals surface area contributed by atoms with Crippen molar-refractivity contribution in [2.24, 2.45) is 0 Å². The molecule has 0 fully saturated rings. The van der Waals surface area contributed by atoms with Crippen molar-refractivity contribution in [3.8, 4) is 22.6 Å². The predicted molar refractivity (Wildman–Crippen MR) is 145 cm³/mol. The molecule has 4 aromatic rings. The molecule has 0 saturated heterocycles. The number of carbonyl (C=O) groups excluding carboxylic acids is 1. The lowest BCUT2D eigenvalue weighted by Gasteiger charge is -2.15. The quantitative estimate of drug-likeness (QED) is 0.271. The van der Waals surface area contributed by atoms with Gasteiger partial charge in [-0.05, 0) is 85.6 Å². The molecule has 37 heavy (non-hydrogen) atoms. The molecule has 0 heterocycles. The summed E-state index contributed by atoms with van der Waals surface area (Å²) in [5.74, 6) is 0.882. The standard InChI is InChI=1S/C29H28N2O5S/c1-3-35-26-17-11-25(12-18-26)31-37(33,34)28-19-13-24(14-20-28)30-29(32)21(2)36-27-15-9-23(10-16-27)22-7-5-4-6-8-22/h4-21,31H,3H2,1-2H3,(H,30,32). The van der Waals surface area contributed by atoms with Gasteiger partial charge in [-0.1, -0.05) is 42.5 Å². The average molecular weight is 517 g/mol. The minimum Gasteiger partial charge on any atom is -0.494 e. The topological polar surface area (TPSA) is 93.7 Å². The van der Waals surface area contributed by atoms with Gasteiger partial charge in [-0.25, -0.2) is 8.42 Å². The first kappa shape index (κ1) is 25.8. The Morgan fingerprint density at radius 3 is 1.95 bits per heavy atom. The summed E-state index contributed by atoms with van der Waals surface area (Å²) in [5.41, 5.74) is 3.03. The Kier molecular flexibility index (Phi) is 8.10. The molecule has 0 saturated carbocycles. The molecule has 4 aromatic carbocycles. The lowest BCUT2D eigenvalue weighted by molar-refractivity contribution is -0.122. The molecule has 0 aliphatic carbocycles. The van der Waals surface area contributed by atoms with E-state index < -0.39 is 16.1 Å². The van der Waals surface area contributed by atoms with E-state index in [0.29, 0.717) is 29.5 Å². The molecule has 0 bridgehead atoms. The van der Waals surface area contributed by atoms with Crippen molar-refractivity contribution in [2.75, 3.05) is 16.6 Å². The van der Waals surface area contributed by atoms with Crippen LogP contribution in [0, 0.1) is 0 Å². The van der Waals surface area contributed by atoms with Crippen LogP contribution in [0.5, 0.6) is 11.5 Å². The fourth-order valence-electron chi connectivity index (χ4n) is 3.58. The fourth-order valence-corrected chi connectivity index (χ4v) is 4.63. The highest BCUT2D eigenvalue weighted by molar-refractivity contribution is 7.92. The normalized spacial score (nSPS) is 11.8. The second kappa shape index (κ2) is 11.6. The lowest BCUT2D eigenvalue weighted by Crippen LogP contribution is -2.30. The first-order chi connectivity index (χ1) is 17.8. The maximum absolute atomic E-state index is 12.7. The molecule has 1 unspecified atom stereocenters. The number of amides is 1. The Morgan fingerprint density at radius 1 is 0.757 bits per heavy atom. The van der Waals surface area contributed by atoms with E-state index >= 15 is 0 Å². The van der Waals surface area contributed by atoms with Crippen molar-refractivity contribution in [1.82, 2.24) is 0 Å². The zero-order valence-corrected chi connectivity index (χ0v) is 21.4. The Labute approximate surface area is 217 Å². The number of rotatable bonds is 10. The molecule has 0 aliphatic rings.